The highest BCUT2D eigenvalue weighted by Gasteiger charge is 2.38. The third-order valence-corrected chi connectivity index (χ3v) is 3.18. The van der Waals surface area contributed by atoms with Gasteiger partial charge in [0.1, 0.15) is 5.54 Å². The smallest absolute Gasteiger partial charge is 0.327 e. The molecule has 88 valence electrons. The zero-order valence-corrected chi connectivity index (χ0v) is 10.2. The largest absolute Gasteiger partial charge is 0.468 e. The van der Waals surface area contributed by atoms with Gasteiger partial charge in [-0.3, -0.25) is 9.69 Å². The highest BCUT2D eigenvalue weighted by molar-refractivity contribution is 5.80. The van der Waals surface area contributed by atoms with Crippen molar-refractivity contribution in [1.82, 2.24) is 10.2 Å². The molecule has 1 rings (SSSR count). The van der Waals surface area contributed by atoms with Crippen LogP contribution in [0.4, 0.5) is 0 Å². The van der Waals surface area contributed by atoms with Crippen LogP contribution < -0.4 is 5.32 Å². The molecule has 0 aromatic rings. The Labute approximate surface area is 92.0 Å². The van der Waals surface area contributed by atoms with Crippen molar-refractivity contribution in [3.05, 3.63) is 0 Å². The molecule has 1 atom stereocenters. The van der Waals surface area contributed by atoms with Crippen molar-refractivity contribution >= 4 is 5.97 Å². The van der Waals surface area contributed by atoms with Crippen molar-refractivity contribution in [1.29, 1.82) is 0 Å². The molecule has 1 saturated carbocycles. The van der Waals surface area contributed by atoms with Gasteiger partial charge in [-0.1, -0.05) is 6.92 Å². The molecule has 1 fully saturated rings. The lowest BCUT2D eigenvalue weighted by Crippen LogP contribution is -2.56. The number of carbonyl (C=O) groups excluding carboxylic acids is 1. The Morgan fingerprint density at radius 3 is 2.53 bits per heavy atom. The van der Waals surface area contributed by atoms with Crippen LogP contribution in [0, 0.1) is 0 Å². The molecule has 0 bridgehead atoms. The van der Waals surface area contributed by atoms with Gasteiger partial charge in [0.25, 0.3) is 0 Å². The second-order valence-corrected chi connectivity index (χ2v) is 4.37. The van der Waals surface area contributed by atoms with Gasteiger partial charge in [-0.25, -0.2) is 0 Å². The van der Waals surface area contributed by atoms with Gasteiger partial charge < -0.3 is 10.1 Å². The Morgan fingerprint density at radius 1 is 1.60 bits per heavy atom. The zero-order valence-electron chi connectivity index (χ0n) is 10.2. The number of esters is 1. The summed E-state index contributed by atoms with van der Waals surface area (Å²) in [5.74, 6) is -0.191. The Kier molecular flexibility index (Phi) is 4.11. The van der Waals surface area contributed by atoms with E-state index in [4.69, 9.17) is 4.74 Å². The quantitative estimate of drug-likeness (QED) is 0.658. The lowest BCUT2D eigenvalue weighted by molar-refractivity contribution is -0.148. The average Bonchev–Trinajstić information content (AvgIpc) is 3.08. The molecule has 1 aliphatic rings. The van der Waals surface area contributed by atoms with E-state index in [1.165, 1.54) is 20.0 Å². The maximum atomic E-state index is 11.6. The minimum absolute atomic E-state index is 0.191. The summed E-state index contributed by atoms with van der Waals surface area (Å²) in [5.41, 5.74) is -0.590. The maximum absolute atomic E-state index is 11.6. The Hall–Kier alpha value is -0.610. The normalized spacial score (nSPS) is 20.1. The van der Waals surface area contributed by atoms with Gasteiger partial charge in [0.15, 0.2) is 0 Å². The monoisotopic (exact) mass is 214 g/mol. The number of nitrogens with zero attached hydrogens (tertiary/aromatic N) is 1. The summed E-state index contributed by atoms with van der Waals surface area (Å²) in [7, 11) is 3.24. The SMILES string of the molecule is CCN(CC(C)(NC)C(=O)OC)C1CC1. The predicted octanol–water partition coefficient (Wildman–Crippen LogP) is 0.622. The van der Waals surface area contributed by atoms with Crippen LogP contribution in [-0.4, -0.2) is 49.7 Å². The van der Waals surface area contributed by atoms with Crippen LogP contribution in [0.5, 0.6) is 0 Å². The molecule has 1 unspecified atom stereocenters. The van der Waals surface area contributed by atoms with Crippen molar-refractivity contribution in [2.24, 2.45) is 0 Å². The van der Waals surface area contributed by atoms with Crippen LogP contribution in [-0.2, 0) is 9.53 Å². The minimum atomic E-state index is -0.590. The van der Waals surface area contributed by atoms with Gasteiger partial charge >= 0.3 is 5.97 Å². The Morgan fingerprint density at radius 2 is 2.20 bits per heavy atom. The lowest BCUT2D eigenvalue weighted by Gasteiger charge is -2.32. The molecular weight excluding hydrogens is 192 g/mol. The van der Waals surface area contributed by atoms with Crippen LogP contribution in [0.15, 0.2) is 0 Å². The molecule has 1 aliphatic carbocycles. The van der Waals surface area contributed by atoms with Crippen LogP contribution in [0.1, 0.15) is 26.7 Å². The van der Waals surface area contributed by atoms with Gasteiger partial charge in [-0.05, 0) is 33.4 Å². The molecular formula is C11H22N2O2. The van der Waals surface area contributed by atoms with E-state index in [-0.39, 0.29) is 5.97 Å². The van der Waals surface area contributed by atoms with Crippen molar-refractivity contribution in [3.63, 3.8) is 0 Å². The Bertz CT molecular complexity index is 229. The molecule has 4 nitrogen and oxygen atoms in total. The van der Waals surface area contributed by atoms with Gasteiger partial charge in [-0.15, -0.1) is 0 Å². The summed E-state index contributed by atoms with van der Waals surface area (Å²) in [4.78, 5) is 14.0. The third kappa shape index (κ3) is 2.92. The molecule has 0 radical (unpaired) electrons. The number of carbonyl (C=O) groups is 1. The van der Waals surface area contributed by atoms with Crippen molar-refractivity contribution in [3.8, 4) is 0 Å². The summed E-state index contributed by atoms with van der Waals surface area (Å²) < 4.78 is 4.82. The summed E-state index contributed by atoms with van der Waals surface area (Å²) in [6.07, 6.45) is 2.52. The van der Waals surface area contributed by atoms with Crippen LogP contribution in [0.2, 0.25) is 0 Å². The highest BCUT2D eigenvalue weighted by atomic mass is 16.5. The van der Waals surface area contributed by atoms with E-state index in [0.29, 0.717) is 6.04 Å². The second kappa shape index (κ2) is 4.94. The zero-order chi connectivity index (χ0) is 11.5. The summed E-state index contributed by atoms with van der Waals surface area (Å²) >= 11 is 0. The van der Waals surface area contributed by atoms with Crippen molar-refractivity contribution in [2.45, 2.75) is 38.3 Å². The number of likely N-dealkylation sites (N-methyl/N-ethyl adjacent to an activating group) is 2. The van der Waals surface area contributed by atoms with Gasteiger partial charge in [0, 0.05) is 12.6 Å². The van der Waals surface area contributed by atoms with E-state index < -0.39 is 5.54 Å². The van der Waals surface area contributed by atoms with Crippen molar-refractivity contribution in [2.75, 3.05) is 27.2 Å². The second-order valence-electron chi connectivity index (χ2n) is 4.37. The third-order valence-electron chi connectivity index (χ3n) is 3.18. The number of methoxy groups -OCH3 is 1. The fourth-order valence-corrected chi connectivity index (χ4v) is 1.82. The number of ether oxygens (including phenoxy) is 1. The summed E-state index contributed by atoms with van der Waals surface area (Å²) in [5, 5.41) is 3.06. The molecule has 0 aromatic heterocycles. The van der Waals surface area contributed by atoms with Gasteiger partial charge in [0.2, 0.25) is 0 Å². The first-order valence-corrected chi connectivity index (χ1v) is 5.58. The van der Waals surface area contributed by atoms with Crippen LogP contribution >= 0.6 is 0 Å². The topological polar surface area (TPSA) is 41.6 Å². The molecule has 15 heavy (non-hydrogen) atoms. The van der Waals surface area contributed by atoms with E-state index in [0.717, 1.165) is 13.1 Å². The first-order valence-electron chi connectivity index (χ1n) is 5.58. The van der Waals surface area contributed by atoms with E-state index >= 15 is 0 Å². The van der Waals surface area contributed by atoms with E-state index in [1.807, 2.05) is 6.92 Å². The molecule has 0 spiro atoms. The van der Waals surface area contributed by atoms with E-state index in [2.05, 4.69) is 17.1 Å². The van der Waals surface area contributed by atoms with Crippen LogP contribution in [0.25, 0.3) is 0 Å². The number of hydrogen-bond donors (Lipinski definition) is 1. The summed E-state index contributed by atoms with van der Waals surface area (Å²) in [6, 6.07) is 0.673. The lowest BCUT2D eigenvalue weighted by atomic mass is 10.0. The summed E-state index contributed by atoms with van der Waals surface area (Å²) in [6.45, 7) is 5.73. The standard InChI is InChI=1S/C11H22N2O2/c1-5-13(9-6-7-9)8-11(2,12-3)10(14)15-4/h9,12H,5-8H2,1-4H3. The predicted molar refractivity (Wildman–Crippen MR) is 59.7 cm³/mol. The molecule has 4 heteroatoms. The molecule has 1 N–H and O–H groups in total. The first-order chi connectivity index (χ1) is 7.07. The number of nitrogens with one attached hydrogen (secondary N) is 1. The highest BCUT2D eigenvalue weighted by Crippen LogP contribution is 2.27. The average molecular weight is 214 g/mol. The first kappa shape index (κ1) is 12.5. The van der Waals surface area contributed by atoms with E-state index in [1.54, 1.807) is 7.05 Å². The molecule has 0 aliphatic heterocycles. The Balaban J connectivity index is 2.60. The fraction of sp³-hybridized carbons (Fsp3) is 0.909. The molecule has 0 saturated heterocycles. The molecule has 0 heterocycles. The van der Waals surface area contributed by atoms with Gasteiger partial charge in [0.05, 0.1) is 7.11 Å². The number of hydrogen-bond acceptors (Lipinski definition) is 4. The van der Waals surface area contributed by atoms with Crippen LogP contribution in [0.3, 0.4) is 0 Å². The maximum Gasteiger partial charge on any atom is 0.327 e. The van der Waals surface area contributed by atoms with E-state index in [9.17, 15) is 4.79 Å². The fourth-order valence-electron chi connectivity index (χ4n) is 1.82. The molecule has 0 aromatic carbocycles. The molecule has 0 amide bonds. The number of rotatable bonds is 6. The minimum Gasteiger partial charge on any atom is -0.468 e. The van der Waals surface area contributed by atoms with Gasteiger partial charge in [-0.2, -0.15) is 0 Å². The van der Waals surface area contributed by atoms with Crippen molar-refractivity contribution < 1.29 is 9.53 Å².